The quantitative estimate of drug-likeness (QED) is 0.940. The molecule has 0 saturated carbocycles. The number of H-pyrrole nitrogens is 1. The molecule has 0 radical (unpaired) electrons. The van der Waals surface area contributed by atoms with Gasteiger partial charge in [0, 0.05) is 24.9 Å². The number of nitrogens with one attached hydrogen (secondary N) is 1. The number of likely N-dealkylation sites (tertiary alicyclic amines) is 1. The van der Waals surface area contributed by atoms with Crippen LogP contribution in [0.15, 0.2) is 30.6 Å². The molecule has 21 heavy (non-hydrogen) atoms. The fraction of sp³-hybridized carbons (Fsp3) is 0.438. The number of nitrogens with zero attached hydrogens (tertiary/aromatic N) is 2. The van der Waals surface area contributed by atoms with Gasteiger partial charge in [-0.1, -0.05) is 17.7 Å². The summed E-state index contributed by atoms with van der Waals surface area (Å²) in [5.41, 5.74) is 1.23. The Morgan fingerprint density at radius 2 is 2.19 bits per heavy atom. The standard InChI is InChI=1S/C16H20ClN3O/c1-21-15-3-2-12(10-14(15)17)11-20-8-4-13(5-9-20)16-18-6-7-19-16/h2-3,6-7,10,13H,4-5,8-9,11H2,1H3,(H,18,19). The van der Waals surface area contributed by atoms with Crippen LogP contribution >= 0.6 is 11.6 Å². The van der Waals surface area contributed by atoms with Crippen molar-refractivity contribution in [2.45, 2.75) is 25.3 Å². The van der Waals surface area contributed by atoms with E-state index in [9.17, 15) is 0 Å². The zero-order valence-electron chi connectivity index (χ0n) is 12.2. The summed E-state index contributed by atoms with van der Waals surface area (Å²) in [7, 11) is 1.64. The van der Waals surface area contributed by atoms with Crippen molar-refractivity contribution in [2.75, 3.05) is 20.2 Å². The lowest BCUT2D eigenvalue weighted by atomic mass is 9.96. The van der Waals surface area contributed by atoms with E-state index in [0.29, 0.717) is 10.9 Å². The van der Waals surface area contributed by atoms with Crippen LogP contribution < -0.4 is 4.74 Å². The van der Waals surface area contributed by atoms with Crippen LogP contribution in [0.5, 0.6) is 5.75 Å². The molecule has 0 bridgehead atoms. The van der Waals surface area contributed by atoms with E-state index in [0.717, 1.165) is 44.0 Å². The third-order valence-corrected chi connectivity index (χ3v) is 4.41. The number of aromatic amines is 1. The Morgan fingerprint density at radius 1 is 1.38 bits per heavy atom. The minimum Gasteiger partial charge on any atom is -0.495 e. The number of hydrogen-bond donors (Lipinski definition) is 1. The van der Waals surface area contributed by atoms with Crippen molar-refractivity contribution in [1.29, 1.82) is 0 Å². The molecule has 2 aromatic rings. The number of piperidine rings is 1. The number of halogens is 1. The first-order valence-corrected chi connectivity index (χ1v) is 7.68. The molecule has 2 heterocycles. The highest BCUT2D eigenvalue weighted by molar-refractivity contribution is 6.32. The minimum absolute atomic E-state index is 0.565. The molecular formula is C16H20ClN3O. The Labute approximate surface area is 130 Å². The third kappa shape index (κ3) is 3.39. The van der Waals surface area contributed by atoms with Gasteiger partial charge in [0.15, 0.2) is 0 Å². The first-order valence-electron chi connectivity index (χ1n) is 7.30. The summed E-state index contributed by atoms with van der Waals surface area (Å²) in [4.78, 5) is 10.1. The van der Waals surface area contributed by atoms with Crippen molar-refractivity contribution in [3.63, 3.8) is 0 Å². The van der Waals surface area contributed by atoms with Gasteiger partial charge < -0.3 is 9.72 Å². The molecular weight excluding hydrogens is 286 g/mol. The molecule has 112 valence electrons. The van der Waals surface area contributed by atoms with Crippen molar-refractivity contribution in [3.05, 3.63) is 47.0 Å². The molecule has 1 fully saturated rings. The number of benzene rings is 1. The highest BCUT2D eigenvalue weighted by atomic mass is 35.5. The molecule has 1 aromatic heterocycles. The van der Waals surface area contributed by atoms with Crippen LogP contribution in [0.25, 0.3) is 0 Å². The van der Waals surface area contributed by atoms with Crippen LogP contribution in [0.2, 0.25) is 5.02 Å². The largest absolute Gasteiger partial charge is 0.495 e. The maximum Gasteiger partial charge on any atom is 0.137 e. The molecule has 0 atom stereocenters. The van der Waals surface area contributed by atoms with Crippen LogP contribution in [0.4, 0.5) is 0 Å². The molecule has 1 N–H and O–H groups in total. The monoisotopic (exact) mass is 305 g/mol. The normalized spacial score (nSPS) is 17.0. The van der Waals surface area contributed by atoms with Gasteiger partial charge in [-0.3, -0.25) is 4.90 Å². The van der Waals surface area contributed by atoms with E-state index in [1.807, 2.05) is 24.5 Å². The van der Waals surface area contributed by atoms with E-state index >= 15 is 0 Å². The zero-order chi connectivity index (χ0) is 14.7. The maximum atomic E-state index is 6.18. The molecule has 1 saturated heterocycles. The van der Waals surface area contributed by atoms with E-state index in [1.165, 1.54) is 5.56 Å². The zero-order valence-corrected chi connectivity index (χ0v) is 12.9. The van der Waals surface area contributed by atoms with Crippen LogP contribution in [0, 0.1) is 0 Å². The predicted octanol–water partition coefficient (Wildman–Crippen LogP) is 3.45. The molecule has 0 aliphatic carbocycles. The minimum atomic E-state index is 0.565. The fourth-order valence-corrected chi connectivity index (χ4v) is 3.21. The van der Waals surface area contributed by atoms with E-state index in [4.69, 9.17) is 16.3 Å². The van der Waals surface area contributed by atoms with Gasteiger partial charge in [0.05, 0.1) is 12.1 Å². The Hall–Kier alpha value is -1.52. The number of methoxy groups -OCH3 is 1. The van der Waals surface area contributed by atoms with Gasteiger partial charge in [0.2, 0.25) is 0 Å². The lowest BCUT2D eigenvalue weighted by molar-refractivity contribution is 0.202. The summed E-state index contributed by atoms with van der Waals surface area (Å²) in [5.74, 6) is 2.43. The summed E-state index contributed by atoms with van der Waals surface area (Å²) in [5, 5.41) is 0.681. The maximum absolute atomic E-state index is 6.18. The molecule has 4 nitrogen and oxygen atoms in total. The summed E-state index contributed by atoms with van der Waals surface area (Å²) in [6.45, 7) is 3.12. The predicted molar refractivity (Wildman–Crippen MR) is 83.8 cm³/mol. The number of aromatic nitrogens is 2. The van der Waals surface area contributed by atoms with Crippen molar-refractivity contribution < 1.29 is 4.74 Å². The Balaban J connectivity index is 1.57. The summed E-state index contributed by atoms with van der Waals surface area (Å²) >= 11 is 6.18. The van der Waals surface area contributed by atoms with Gasteiger partial charge in [0.25, 0.3) is 0 Å². The molecule has 0 spiro atoms. The van der Waals surface area contributed by atoms with E-state index in [-0.39, 0.29) is 0 Å². The fourth-order valence-electron chi connectivity index (χ4n) is 2.93. The topological polar surface area (TPSA) is 41.1 Å². The molecule has 1 aliphatic rings. The lowest BCUT2D eigenvalue weighted by Gasteiger charge is -2.31. The van der Waals surface area contributed by atoms with Gasteiger partial charge in [-0.05, 0) is 43.6 Å². The molecule has 0 unspecified atom stereocenters. The smallest absolute Gasteiger partial charge is 0.137 e. The number of rotatable bonds is 4. The first kappa shape index (κ1) is 14.4. The van der Waals surface area contributed by atoms with Crippen LogP contribution in [-0.2, 0) is 6.54 Å². The SMILES string of the molecule is COc1ccc(CN2CCC(c3ncc[nH]3)CC2)cc1Cl. The summed E-state index contributed by atoms with van der Waals surface area (Å²) in [6, 6.07) is 6.02. The van der Waals surface area contributed by atoms with Gasteiger partial charge >= 0.3 is 0 Å². The highest BCUT2D eigenvalue weighted by Gasteiger charge is 2.22. The van der Waals surface area contributed by atoms with Crippen LogP contribution in [0.1, 0.15) is 30.1 Å². The molecule has 5 heteroatoms. The molecule has 1 aliphatic heterocycles. The van der Waals surface area contributed by atoms with Gasteiger partial charge in [-0.15, -0.1) is 0 Å². The van der Waals surface area contributed by atoms with E-state index < -0.39 is 0 Å². The second-order valence-electron chi connectivity index (χ2n) is 5.49. The first-order chi connectivity index (χ1) is 10.3. The number of ether oxygens (including phenoxy) is 1. The second kappa shape index (κ2) is 6.50. The molecule has 1 aromatic carbocycles. The highest BCUT2D eigenvalue weighted by Crippen LogP contribution is 2.28. The number of hydrogen-bond acceptors (Lipinski definition) is 3. The number of imidazole rings is 1. The van der Waals surface area contributed by atoms with Crippen molar-refractivity contribution in [1.82, 2.24) is 14.9 Å². The third-order valence-electron chi connectivity index (χ3n) is 4.12. The average Bonchev–Trinajstić information content (AvgIpc) is 3.02. The summed E-state index contributed by atoms with van der Waals surface area (Å²) in [6.07, 6.45) is 6.04. The van der Waals surface area contributed by atoms with Crippen LogP contribution in [-0.4, -0.2) is 35.1 Å². The van der Waals surface area contributed by atoms with Crippen molar-refractivity contribution >= 4 is 11.6 Å². The van der Waals surface area contributed by atoms with Crippen LogP contribution in [0.3, 0.4) is 0 Å². The molecule has 3 rings (SSSR count). The Kier molecular flexibility index (Phi) is 4.46. The van der Waals surface area contributed by atoms with E-state index in [1.54, 1.807) is 7.11 Å². The van der Waals surface area contributed by atoms with Gasteiger partial charge in [0.1, 0.15) is 11.6 Å². The van der Waals surface area contributed by atoms with Gasteiger partial charge in [-0.2, -0.15) is 0 Å². The van der Waals surface area contributed by atoms with Crippen molar-refractivity contribution in [2.24, 2.45) is 0 Å². The Morgan fingerprint density at radius 3 is 2.81 bits per heavy atom. The van der Waals surface area contributed by atoms with Crippen molar-refractivity contribution in [3.8, 4) is 5.75 Å². The second-order valence-corrected chi connectivity index (χ2v) is 5.90. The summed E-state index contributed by atoms with van der Waals surface area (Å²) < 4.78 is 5.19. The van der Waals surface area contributed by atoms with E-state index in [2.05, 4.69) is 20.9 Å². The Bertz CT molecular complexity index is 577. The lowest BCUT2D eigenvalue weighted by Crippen LogP contribution is -2.32. The van der Waals surface area contributed by atoms with Gasteiger partial charge in [-0.25, -0.2) is 4.98 Å². The average molecular weight is 306 g/mol. The molecule has 0 amide bonds.